The minimum Gasteiger partial charge on any atom is -0.481 e. The van der Waals surface area contributed by atoms with E-state index in [9.17, 15) is 9.90 Å². The van der Waals surface area contributed by atoms with Crippen molar-refractivity contribution in [2.45, 2.75) is 38.1 Å². The third-order valence-electron chi connectivity index (χ3n) is 4.11. The van der Waals surface area contributed by atoms with Crippen LogP contribution >= 0.6 is 11.3 Å². The summed E-state index contributed by atoms with van der Waals surface area (Å²) in [5.74, 6) is -0.856. The Morgan fingerprint density at radius 1 is 1.43 bits per heavy atom. The van der Waals surface area contributed by atoms with E-state index in [4.69, 9.17) is 0 Å². The molecule has 2 aromatic rings. The van der Waals surface area contributed by atoms with Crippen LogP contribution in [0.5, 0.6) is 0 Å². The van der Waals surface area contributed by atoms with Gasteiger partial charge in [-0.25, -0.2) is 4.98 Å². The summed E-state index contributed by atoms with van der Waals surface area (Å²) in [6.07, 6.45) is 2.13. The minimum absolute atomic E-state index is 0.271. The van der Waals surface area contributed by atoms with Crippen molar-refractivity contribution >= 4 is 22.4 Å². The summed E-state index contributed by atoms with van der Waals surface area (Å²) in [5, 5.41) is 15.3. The maximum absolute atomic E-state index is 11.3. The van der Waals surface area contributed by atoms with Crippen LogP contribution in [0.2, 0.25) is 0 Å². The van der Waals surface area contributed by atoms with E-state index in [-0.39, 0.29) is 6.04 Å². The second-order valence-corrected chi connectivity index (χ2v) is 6.76. The molecule has 4 nitrogen and oxygen atoms in total. The molecular weight excluding hydrogens is 284 g/mol. The van der Waals surface area contributed by atoms with Crippen LogP contribution in [0.15, 0.2) is 29.6 Å². The Morgan fingerprint density at radius 3 is 2.95 bits per heavy atom. The molecule has 0 fully saturated rings. The van der Waals surface area contributed by atoms with Crippen LogP contribution in [0.25, 0.3) is 0 Å². The van der Waals surface area contributed by atoms with Gasteiger partial charge in [0, 0.05) is 5.38 Å². The Kier molecular flexibility index (Phi) is 3.45. The molecule has 0 saturated carbocycles. The number of carbonyl (C=O) groups is 1. The second kappa shape index (κ2) is 5.15. The van der Waals surface area contributed by atoms with Crippen LogP contribution in [0.3, 0.4) is 0 Å². The number of carboxylic acid groups (broad SMARTS) is 1. The molecule has 1 atom stereocenters. The zero-order valence-electron chi connectivity index (χ0n) is 12.1. The predicted octanol–water partition coefficient (Wildman–Crippen LogP) is 3.60. The Hall–Kier alpha value is -1.88. The molecule has 1 aromatic carbocycles. The van der Waals surface area contributed by atoms with E-state index in [1.54, 1.807) is 13.8 Å². The Balaban J connectivity index is 1.79. The number of nitrogens with zero attached hydrogens (tertiary/aromatic N) is 1. The molecule has 0 bridgehead atoms. The monoisotopic (exact) mass is 302 g/mol. The predicted molar refractivity (Wildman–Crippen MR) is 83.9 cm³/mol. The number of nitrogens with one attached hydrogen (secondary N) is 1. The molecule has 1 heterocycles. The zero-order chi connectivity index (χ0) is 15.0. The van der Waals surface area contributed by atoms with Gasteiger partial charge in [-0.05, 0) is 37.8 Å². The number of aliphatic carboxylic acids is 1. The van der Waals surface area contributed by atoms with Crippen LogP contribution in [0.4, 0.5) is 5.13 Å². The maximum Gasteiger partial charge on any atom is 0.315 e. The molecule has 5 heteroatoms. The number of benzene rings is 1. The third-order valence-corrected chi connectivity index (χ3v) is 4.88. The SMILES string of the molecule is CC(C)(C(=O)O)c1csc(NC2CCc3ccccc32)n1. The lowest BCUT2D eigenvalue weighted by molar-refractivity contribution is -0.142. The second-order valence-electron chi connectivity index (χ2n) is 5.90. The van der Waals surface area contributed by atoms with E-state index in [1.165, 1.54) is 22.5 Å². The zero-order valence-corrected chi connectivity index (χ0v) is 12.9. The first kappa shape index (κ1) is 14.1. The first-order valence-electron chi connectivity index (χ1n) is 7.02. The summed E-state index contributed by atoms with van der Waals surface area (Å²) in [5.41, 5.74) is 2.36. The number of hydrogen-bond donors (Lipinski definition) is 2. The van der Waals surface area contributed by atoms with Gasteiger partial charge in [0.2, 0.25) is 0 Å². The van der Waals surface area contributed by atoms with Crippen molar-refractivity contribution in [2.24, 2.45) is 0 Å². The minimum atomic E-state index is -0.954. The van der Waals surface area contributed by atoms with E-state index in [0.29, 0.717) is 5.69 Å². The normalized spacial score (nSPS) is 17.5. The van der Waals surface area contributed by atoms with Crippen molar-refractivity contribution in [3.05, 3.63) is 46.5 Å². The first-order chi connectivity index (χ1) is 9.98. The van der Waals surface area contributed by atoms with Crippen molar-refractivity contribution < 1.29 is 9.90 Å². The average Bonchev–Trinajstić information content (AvgIpc) is 3.07. The Bertz CT molecular complexity index is 678. The van der Waals surface area contributed by atoms with Crippen molar-refractivity contribution in [1.82, 2.24) is 4.98 Å². The van der Waals surface area contributed by atoms with Crippen LogP contribution in [0, 0.1) is 0 Å². The first-order valence-corrected chi connectivity index (χ1v) is 7.90. The molecule has 1 unspecified atom stereocenters. The van der Waals surface area contributed by atoms with Gasteiger partial charge in [0.15, 0.2) is 5.13 Å². The molecule has 110 valence electrons. The molecule has 1 aliphatic rings. The van der Waals surface area contributed by atoms with Crippen LogP contribution < -0.4 is 5.32 Å². The average molecular weight is 302 g/mol. The van der Waals surface area contributed by atoms with Crippen molar-refractivity contribution in [1.29, 1.82) is 0 Å². The molecule has 2 N–H and O–H groups in total. The standard InChI is InChI=1S/C16H18N2O2S/c1-16(2,14(19)20)13-9-21-15(18-13)17-12-8-7-10-5-3-4-6-11(10)12/h3-6,9,12H,7-8H2,1-2H3,(H,17,18)(H,19,20). The molecule has 0 aliphatic heterocycles. The van der Waals surface area contributed by atoms with Crippen molar-refractivity contribution in [3.63, 3.8) is 0 Å². The molecular formula is C16H18N2O2S. The summed E-state index contributed by atoms with van der Waals surface area (Å²) < 4.78 is 0. The fraction of sp³-hybridized carbons (Fsp3) is 0.375. The Morgan fingerprint density at radius 2 is 2.19 bits per heavy atom. The van der Waals surface area contributed by atoms with Gasteiger partial charge in [-0.1, -0.05) is 24.3 Å². The number of aromatic nitrogens is 1. The number of anilines is 1. The number of aryl methyl sites for hydroxylation is 1. The highest BCUT2D eigenvalue weighted by atomic mass is 32.1. The molecule has 0 radical (unpaired) electrons. The molecule has 21 heavy (non-hydrogen) atoms. The fourth-order valence-corrected chi connectivity index (χ4v) is 3.52. The quantitative estimate of drug-likeness (QED) is 0.905. The summed E-state index contributed by atoms with van der Waals surface area (Å²) >= 11 is 1.47. The van der Waals surface area contributed by atoms with E-state index in [1.807, 2.05) is 5.38 Å². The van der Waals surface area contributed by atoms with Crippen LogP contribution in [0.1, 0.15) is 43.1 Å². The van der Waals surface area contributed by atoms with Crippen molar-refractivity contribution in [2.75, 3.05) is 5.32 Å². The number of rotatable bonds is 4. The number of hydrogen-bond acceptors (Lipinski definition) is 4. The number of thiazole rings is 1. The van der Waals surface area contributed by atoms with Gasteiger partial charge in [0.25, 0.3) is 0 Å². The van der Waals surface area contributed by atoms with E-state index in [0.717, 1.165) is 18.0 Å². The van der Waals surface area contributed by atoms with Gasteiger partial charge in [-0.3, -0.25) is 4.79 Å². The number of fused-ring (bicyclic) bond motifs is 1. The highest BCUT2D eigenvalue weighted by molar-refractivity contribution is 7.13. The molecule has 1 aliphatic carbocycles. The van der Waals surface area contributed by atoms with Gasteiger partial charge in [-0.2, -0.15) is 0 Å². The van der Waals surface area contributed by atoms with Gasteiger partial charge in [0.1, 0.15) is 5.41 Å². The van der Waals surface area contributed by atoms with Gasteiger partial charge < -0.3 is 10.4 Å². The lowest BCUT2D eigenvalue weighted by atomic mass is 9.90. The lowest BCUT2D eigenvalue weighted by Crippen LogP contribution is -2.28. The highest BCUT2D eigenvalue weighted by Crippen LogP contribution is 2.35. The summed E-state index contributed by atoms with van der Waals surface area (Å²) in [7, 11) is 0. The fourth-order valence-electron chi connectivity index (χ4n) is 2.59. The van der Waals surface area contributed by atoms with Gasteiger partial charge >= 0.3 is 5.97 Å². The Labute approximate surface area is 127 Å². The van der Waals surface area contributed by atoms with Gasteiger partial charge in [-0.15, -0.1) is 11.3 Å². The smallest absolute Gasteiger partial charge is 0.315 e. The van der Waals surface area contributed by atoms with E-state index < -0.39 is 11.4 Å². The summed E-state index contributed by atoms with van der Waals surface area (Å²) in [4.78, 5) is 15.7. The third kappa shape index (κ3) is 2.53. The molecule has 1 aromatic heterocycles. The molecule has 0 saturated heterocycles. The molecule has 3 rings (SSSR count). The van der Waals surface area contributed by atoms with Crippen LogP contribution in [-0.2, 0) is 16.6 Å². The maximum atomic E-state index is 11.3. The topological polar surface area (TPSA) is 62.2 Å². The number of carboxylic acids is 1. The highest BCUT2D eigenvalue weighted by Gasteiger charge is 2.32. The molecule has 0 spiro atoms. The van der Waals surface area contributed by atoms with E-state index >= 15 is 0 Å². The van der Waals surface area contributed by atoms with Crippen LogP contribution in [-0.4, -0.2) is 16.1 Å². The lowest BCUT2D eigenvalue weighted by Gasteiger charge is -2.16. The van der Waals surface area contributed by atoms with Gasteiger partial charge in [0.05, 0.1) is 11.7 Å². The van der Waals surface area contributed by atoms with Crippen molar-refractivity contribution in [3.8, 4) is 0 Å². The summed E-state index contributed by atoms with van der Waals surface area (Å²) in [6, 6.07) is 8.71. The summed E-state index contributed by atoms with van der Waals surface area (Å²) in [6.45, 7) is 3.36. The largest absolute Gasteiger partial charge is 0.481 e. The van der Waals surface area contributed by atoms with E-state index in [2.05, 4.69) is 34.6 Å². The molecule has 0 amide bonds.